The van der Waals surface area contributed by atoms with Gasteiger partial charge in [0.25, 0.3) is 0 Å². The molecule has 0 heterocycles. The van der Waals surface area contributed by atoms with Crippen LogP contribution in [0.4, 0.5) is 4.39 Å². The van der Waals surface area contributed by atoms with Crippen molar-refractivity contribution in [3.8, 4) is 17.2 Å². The van der Waals surface area contributed by atoms with Crippen LogP contribution in [0.3, 0.4) is 0 Å². The fraction of sp³-hybridized carbons (Fsp3) is 0.409. The van der Waals surface area contributed by atoms with Crippen molar-refractivity contribution >= 4 is 5.96 Å². The van der Waals surface area contributed by atoms with Crippen molar-refractivity contribution in [3.05, 3.63) is 52.8 Å². The zero-order chi connectivity index (χ0) is 21.2. The van der Waals surface area contributed by atoms with Gasteiger partial charge >= 0.3 is 0 Å². The third kappa shape index (κ3) is 6.27. The summed E-state index contributed by atoms with van der Waals surface area (Å²) in [5.74, 6) is 2.41. The molecule has 0 radical (unpaired) electrons. The van der Waals surface area contributed by atoms with Gasteiger partial charge in [-0.1, -0.05) is 6.07 Å². The van der Waals surface area contributed by atoms with E-state index >= 15 is 0 Å². The van der Waals surface area contributed by atoms with E-state index in [-0.39, 0.29) is 5.82 Å². The van der Waals surface area contributed by atoms with Crippen LogP contribution in [-0.4, -0.2) is 40.4 Å². The number of aliphatic imine (C=N–C) groups is 1. The first kappa shape index (κ1) is 22.3. The van der Waals surface area contributed by atoms with Crippen LogP contribution >= 0.6 is 0 Å². The Morgan fingerprint density at radius 3 is 2.24 bits per heavy atom. The minimum atomic E-state index is -0.210. The van der Waals surface area contributed by atoms with Crippen LogP contribution in [0.15, 0.2) is 35.3 Å². The van der Waals surface area contributed by atoms with Crippen LogP contribution < -0.4 is 24.8 Å². The Hall–Kier alpha value is -2.96. The van der Waals surface area contributed by atoms with Crippen molar-refractivity contribution in [3.63, 3.8) is 0 Å². The lowest BCUT2D eigenvalue weighted by Crippen LogP contribution is -2.38. The fourth-order valence-electron chi connectivity index (χ4n) is 2.98. The smallest absolute Gasteiger partial charge is 0.191 e. The van der Waals surface area contributed by atoms with Crippen molar-refractivity contribution in [1.29, 1.82) is 0 Å². The van der Waals surface area contributed by atoms with E-state index in [4.69, 9.17) is 14.2 Å². The van der Waals surface area contributed by atoms with E-state index in [1.165, 1.54) is 6.07 Å². The lowest BCUT2D eigenvalue weighted by Gasteiger charge is -2.15. The molecule has 0 amide bonds. The van der Waals surface area contributed by atoms with Crippen LogP contribution in [0.2, 0.25) is 0 Å². The molecule has 0 saturated heterocycles. The molecule has 0 unspecified atom stereocenters. The van der Waals surface area contributed by atoms with Crippen LogP contribution in [0.1, 0.15) is 23.6 Å². The molecule has 0 fully saturated rings. The molecule has 0 aliphatic rings. The molecular weight excluding hydrogens is 373 g/mol. The SMILES string of the molecule is CCNC(=NCc1cc(OC)c(OC)cc1OC)NCCc1ccc(F)cc1C. The summed E-state index contributed by atoms with van der Waals surface area (Å²) >= 11 is 0. The summed E-state index contributed by atoms with van der Waals surface area (Å²) in [6.07, 6.45) is 0.774. The second-order valence-electron chi connectivity index (χ2n) is 6.46. The fourth-order valence-corrected chi connectivity index (χ4v) is 2.98. The van der Waals surface area contributed by atoms with E-state index in [1.54, 1.807) is 33.5 Å². The molecule has 7 heteroatoms. The average Bonchev–Trinajstić information content (AvgIpc) is 2.72. The second kappa shape index (κ2) is 11.1. The zero-order valence-electron chi connectivity index (χ0n) is 17.8. The molecule has 0 spiro atoms. The number of guanidine groups is 1. The minimum absolute atomic E-state index is 0.210. The Kier molecular flexibility index (Phi) is 8.58. The van der Waals surface area contributed by atoms with Crippen LogP contribution in [0.25, 0.3) is 0 Å². The molecular formula is C22H30FN3O3. The van der Waals surface area contributed by atoms with E-state index < -0.39 is 0 Å². The monoisotopic (exact) mass is 403 g/mol. The third-order valence-electron chi connectivity index (χ3n) is 4.53. The van der Waals surface area contributed by atoms with Gasteiger partial charge in [-0.05, 0) is 49.6 Å². The van der Waals surface area contributed by atoms with Crippen LogP contribution in [0.5, 0.6) is 17.2 Å². The summed E-state index contributed by atoms with van der Waals surface area (Å²) < 4.78 is 29.4. The number of halogens is 1. The Morgan fingerprint density at radius 1 is 0.931 bits per heavy atom. The number of methoxy groups -OCH3 is 3. The number of ether oxygens (including phenoxy) is 3. The molecule has 2 rings (SSSR count). The molecule has 0 aliphatic carbocycles. The van der Waals surface area contributed by atoms with E-state index in [0.717, 1.165) is 29.7 Å². The molecule has 2 aromatic carbocycles. The molecule has 158 valence electrons. The lowest BCUT2D eigenvalue weighted by molar-refractivity contribution is 0.347. The molecule has 2 aromatic rings. The minimum Gasteiger partial charge on any atom is -0.496 e. The molecule has 0 aliphatic heterocycles. The number of rotatable bonds is 9. The molecule has 0 saturated carbocycles. The van der Waals surface area contributed by atoms with E-state index in [0.29, 0.717) is 36.3 Å². The van der Waals surface area contributed by atoms with Gasteiger partial charge in [-0.25, -0.2) is 9.38 Å². The van der Waals surface area contributed by atoms with Gasteiger partial charge < -0.3 is 24.8 Å². The van der Waals surface area contributed by atoms with Crippen LogP contribution in [-0.2, 0) is 13.0 Å². The van der Waals surface area contributed by atoms with Crippen molar-refractivity contribution in [2.24, 2.45) is 4.99 Å². The molecule has 6 nitrogen and oxygen atoms in total. The highest BCUT2D eigenvalue weighted by Crippen LogP contribution is 2.34. The Balaban J connectivity index is 2.08. The highest BCUT2D eigenvalue weighted by atomic mass is 19.1. The van der Waals surface area contributed by atoms with Gasteiger partial charge in [0.2, 0.25) is 0 Å². The largest absolute Gasteiger partial charge is 0.496 e. The molecule has 2 N–H and O–H groups in total. The van der Waals surface area contributed by atoms with E-state index in [9.17, 15) is 4.39 Å². The standard InChI is InChI=1S/C22H30FN3O3/c1-6-24-22(25-10-9-16-7-8-18(23)11-15(16)2)26-14-17-12-20(28-4)21(29-5)13-19(17)27-3/h7-8,11-13H,6,9-10,14H2,1-5H3,(H2,24,25,26). The number of hydrogen-bond acceptors (Lipinski definition) is 4. The van der Waals surface area contributed by atoms with Gasteiger partial charge in [-0.2, -0.15) is 0 Å². The summed E-state index contributed by atoms with van der Waals surface area (Å²) in [4.78, 5) is 4.65. The van der Waals surface area contributed by atoms with Crippen molar-refractivity contribution in [1.82, 2.24) is 10.6 Å². The van der Waals surface area contributed by atoms with Crippen molar-refractivity contribution in [2.45, 2.75) is 26.8 Å². The maximum absolute atomic E-state index is 13.3. The number of nitrogens with zero attached hydrogens (tertiary/aromatic N) is 1. The summed E-state index contributed by atoms with van der Waals surface area (Å²) in [6.45, 7) is 5.76. The predicted octanol–water partition coefficient (Wildman–Crippen LogP) is 3.46. The van der Waals surface area contributed by atoms with Gasteiger partial charge in [0.15, 0.2) is 17.5 Å². The zero-order valence-corrected chi connectivity index (χ0v) is 17.8. The highest BCUT2D eigenvalue weighted by molar-refractivity contribution is 5.79. The van der Waals surface area contributed by atoms with Gasteiger partial charge in [-0.3, -0.25) is 0 Å². The van der Waals surface area contributed by atoms with Crippen LogP contribution in [0, 0.1) is 12.7 Å². The normalized spacial score (nSPS) is 11.2. The Bertz CT molecular complexity index is 840. The number of hydrogen-bond donors (Lipinski definition) is 2. The number of nitrogens with one attached hydrogen (secondary N) is 2. The summed E-state index contributed by atoms with van der Waals surface area (Å²) in [5.41, 5.74) is 2.94. The molecule has 0 atom stereocenters. The Labute approximate surface area is 172 Å². The van der Waals surface area contributed by atoms with Gasteiger partial charge in [0, 0.05) is 24.7 Å². The average molecular weight is 403 g/mol. The number of aryl methyl sites for hydroxylation is 1. The summed E-state index contributed by atoms with van der Waals surface area (Å²) in [6, 6.07) is 8.53. The van der Waals surface area contributed by atoms with Crippen molar-refractivity contribution in [2.75, 3.05) is 34.4 Å². The summed E-state index contributed by atoms with van der Waals surface area (Å²) in [5, 5.41) is 6.55. The predicted molar refractivity (Wildman–Crippen MR) is 114 cm³/mol. The molecule has 0 bridgehead atoms. The number of benzene rings is 2. The Morgan fingerprint density at radius 2 is 1.62 bits per heavy atom. The van der Waals surface area contributed by atoms with Gasteiger partial charge in [-0.15, -0.1) is 0 Å². The van der Waals surface area contributed by atoms with E-state index in [1.807, 2.05) is 26.0 Å². The second-order valence-corrected chi connectivity index (χ2v) is 6.46. The van der Waals surface area contributed by atoms with E-state index in [2.05, 4.69) is 15.6 Å². The lowest BCUT2D eigenvalue weighted by atomic mass is 10.1. The highest BCUT2D eigenvalue weighted by Gasteiger charge is 2.12. The first-order valence-corrected chi connectivity index (χ1v) is 9.58. The third-order valence-corrected chi connectivity index (χ3v) is 4.53. The maximum atomic E-state index is 13.3. The topological polar surface area (TPSA) is 64.1 Å². The molecule has 0 aromatic heterocycles. The first-order valence-electron chi connectivity index (χ1n) is 9.58. The summed E-state index contributed by atoms with van der Waals surface area (Å²) in [7, 11) is 4.80. The van der Waals surface area contributed by atoms with Gasteiger partial charge in [0.1, 0.15) is 11.6 Å². The van der Waals surface area contributed by atoms with Crippen molar-refractivity contribution < 1.29 is 18.6 Å². The maximum Gasteiger partial charge on any atom is 0.191 e. The quantitative estimate of drug-likeness (QED) is 0.496. The molecule has 29 heavy (non-hydrogen) atoms. The van der Waals surface area contributed by atoms with Gasteiger partial charge in [0.05, 0.1) is 27.9 Å². The first-order chi connectivity index (χ1) is 14.0.